The maximum absolute atomic E-state index is 12.9. The maximum Gasteiger partial charge on any atom is 0.322 e. The van der Waals surface area contributed by atoms with E-state index in [1.807, 2.05) is 18.7 Å². The zero-order valence-corrected chi connectivity index (χ0v) is 18.2. The number of fused-ring (bicyclic) bond motifs is 2. The van der Waals surface area contributed by atoms with Crippen LogP contribution < -0.4 is 10.2 Å². The molecule has 4 fully saturated rings. The summed E-state index contributed by atoms with van der Waals surface area (Å²) in [6.07, 6.45) is 8.39. The van der Waals surface area contributed by atoms with Crippen molar-refractivity contribution >= 4 is 11.7 Å². The minimum atomic E-state index is 0. The van der Waals surface area contributed by atoms with Crippen LogP contribution in [-0.4, -0.2) is 42.6 Å². The summed E-state index contributed by atoms with van der Waals surface area (Å²) >= 11 is 0. The Morgan fingerprint density at radius 1 is 1.21 bits per heavy atom. The van der Waals surface area contributed by atoms with Crippen LogP contribution in [0.25, 0.3) is 0 Å². The lowest BCUT2D eigenvalue weighted by molar-refractivity contribution is -0.0240. The second kappa shape index (κ2) is 6.00. The van der Waals surface area contributed by atoms with Crippen LogP contribution in [0.5, 0.6) is 0 Å². The van der Waals surface area contributed by atoms with Crippen LogP contribution >= 0.6 is 0 Å². The third-order valence-corrected chi connectivity index (χ3v) is 9.25. The van der Waals surface area contributed by atoms with E-state index in [1.165, 1.54) is 56.3 Å². The first kappa shape index (κ1) is 18.2. The van der Waals surface area contributed by atoms with E-state index in [0.717, 1.165) is 35.5 Å². The van der Waals surface area contributed by atoms with Gasteiger partial charge in [-0.3, -0.25) is 4.90 Å². The normalized spacial score (nSPS) is 36.6. The predicted octanol–water partition coefficient (Wildman–Crippen LogP) is 4.70. The molecule has 158 valence electrons. The number of likely N-dealkylation sites (tertiary alicyclic amines) is 1. The van der Waals surface area contributed by atoms with Crippen molar-refractivity contribution in [2.75, 3.05) is 24.5 Å². The lowest BCUT2D eigenvalue weighted by atomic mass is 9.65. The van der Waals surface area contributed by atoms with Gasteiger partial charge in [0.2, 0.25) is 0 Å². The van der Waals surface area contributed by atoms with Crippen molar-refractivity contribution in [2.24, 2.45) is 17.3 Å². The molecule has 2 heterocycles. The highest BCUT2D eigenvalue weighted by Crippen LogP contribution is 2.76. The number of carbonyl (C=O) groups excluding carboxylic acids is 1. The minimum Gasteiger partial charge on any atom is -0.336 e. The van der Waals surface area contributed by atoms with E-state index in [9.17, 15) is 4.79 Å². The molecule has 6 rings (SSSR count). The number of urea groups is 1. The molecule has 4 heteroatoms. The summed E-state index contributed by atoms with van der Waals surface area (Å²) in [5.41, 5.74) is 4.82. The number of aryl methyl sites for hydroxylation is 1. The number of nitrogens with zero attached hydrogens (tertiary/aromatic N) is 2. The Bertz CT molecular complexity index is 860. The zero-order valence-electron chi connectivity index (χ0n) is 18.2. The van der Waals surface area contributed by atoms with Gasteiger partial charge in [-0.25, -0.2) is 4.79 Å². The fourth-order valence-electron chi connectivity index (χ4n) is 7.64. The van der Waals surface area contributed by atoms with Crippen molar-refractivity contribution in [3.8, 4) is 0 Å². The van der Waals surface area contributed by atoms with E-state index in [2.05, 4.69) is 35.3 Å². The molecular formula is C25H37N3O. The number of rotatable bonds is 2. The third kappa shape index (κ3) is 2.50. The molecule has 0 bridgehead atoms. The highest BCUT2D eigenvalue weighted by molar-refractivity contribution is 5.95. The van der Waals surface area contributed by atoms with Crippen molar-refractivity contribution in [1.29, 1.82) is 0 Å². The molecule has 2 spiro atoms. The highest BCUT2D eigenvalue weighted by atomic mass is 16.2. The number of benzene rings is 1. The Hall–Kier alpha value is -1.55. The van der Waals surface area contributed by atoms with Crippen molar-refractivity contribution in [3.05, 3.63) is 29.3 Å². The Morgan fingerprint density at radius 2 is 2.00 bits per heavy atom. The smallest absolute Gasteiger partial charge is 0.322 e. The van der Waals surface area contributed by atoms with Gasteiger partial charge in [0.25, 0.3) is 0 Å². The fourth-order valence-corrected chi connectivity index (χ4v) is 7.64. The molecule has 1 aromatic rings. The highest BCUT2D eigenvalue weighted by Gasteiger charge is 2.71. The SMILES string of the molecule is Cc1ccc2c(c1)C1(CCN(C3CC45CC4CCC35)CC1)CN2C(=O)NC(C)C.[HH]. The van der Waals surface area contributed by atoms with E-state index < -0.39 is 0 Å². The molecule has 3 aliphatic carbocycles. The van der Waals surface area contributed by atoms with Gasteiger partial charge < -0.3 is 10.2 Å². The van der Waals surface area contributed by atoms with Gasteiger partial charge in [0.15, 0.2) is 0 Å². The van der Waals surface area contributed by atoms with E-state index >= 15 is 0 Å². The van der Waals surface area contributed by atoms with E-state index in [1.54, 1.807) is 6.42 Å². The Kier molecular flexibility index (Phi) is 3.77. The molecule has 1 N–H and O–H groups in total. The third-order valence-electron chi connectivity index (χ3n) is 9.25. The van der Waals surface area contributed by atoms with E-state index in [0.29, 0.717) is 0 Å². The predicted molar refractivity (Wildman–Crippen MR) is 118 cm³/mol. The molecule has 4 unspecified atom stereocenters. The number of hydrogen-bond donors (Lipinski definition) is 1. The summed E-state index contributed by atoms with van der Waals surface area (Å²) < 4.78 is 0. The largest absolute Gasteiger partial charge is 0.336 e. The molecule has 4 atom stereocenters. The molecule has 3 saturated carbocycles. The summed E-state index contributed by atoms with van der Waals surface area (Å²) in [6, 6.07) is 7.78. The lowest BCUT2D eigenvalue weighted by Gasteiger charge is -2.53. The van der Waals surface area contributed by atoms with Gasteiger partial charge in [0, 0.05) is 31.2 Å². The Morgan fingerprint density at radius 3 is 2.69 bits per heavy atom. The second-order valence-electron chi connectivity index (χ2n) is 11.1. The van der Waals surface area contributed by atoms with Crippen LogP contribution in [0, 0.1) is 24.2 Å². The molecule has 5 aliphatic rings. The number of carbonyl (C=O) groups is 1. The fraction of sp³-hybridized carbons (Fsp3) is 0.720. The van der Waals surface area contributed by atoms with Crippen molar-refractivity contribution in [1.82, 2.24) is 10.2 Å². The van der Waals surface area contributed by atoms with Crippen LogP contribution in [0.15, 0.2) is 18.2 Å². The first-order chi connectivity index (χ1) is 13.9. The molecule has 1 saturated heterocycles. The Labute approximate surface area is 176 Å². The van der Waals surface area contributed by atoms with Crippen molar-refractivity contribution in [2.45, 2.75) is 76.8 Å². The molecule has 0 radical (unpaired) electrons. The maximum atomic E-state index is 12.9. The average molecular weight is 396 g/mol. The van der Waals surface area contributed by atoms with Gasteiger partial charge in [-0.1, -0.05) is 17.7 Å². The van der Waals surface area contributed by atoms with Crippen LogP contribution in [0.4, 0.5) is 10.5 Å². The van der Waals surface area contributed by atoms with Gasteiger partial charge in [-0.15, -0.1) is 0 Å². The first-order valence-electron chi connectivity index (χ1n) is 11.9. The van der Waals surface area contributed by atoms with Gasteiger partial charge >= 0.3 is 6.03 Å². The van der Waals surface area contributed by atoms with Crippen molar-refractivity contribution in [3.63, 3.8) is 0 Å². The molecular weight excluding hydrogens is 358 g/mol. The molecule has 29 heavy (non-hydrogen) atoms. The van der Waals surface area contributed by atoms with Gasteiger partial charge in [0.1, 0.15) is 0 Å². The molecule has 0 aromatic heterocycles. The summed E-state index contributed by atoms with van der Waals surface area (Å²) in [5, 5.41) is 3.12. The zero-order chi connectivity index (χ0) is 20.0. The second-order valence-corrected chi connectivity index (χ2v) is 11.1. The van der Waals surface area contributed by atoms with Crippen LogP contribution in [0.3, 0.4) is 0 Å². The van der Waals surface area contributed by atoms with E-state index in [4.69, 9.17) is 0 Å². The van der Waals surface area contributed by atoms with E-state index in [-0.39, 0.29) is 18.9 Å². The molecule has 2 aliphatic heterocycles. The van der Waals surface area contributed by atoms with Gasteiger partial charge in [0.05, 0.1) is 0 Å². The summed E-state index contributed by atoms with van der Waals surface area (Å²) in [5.74, 6) is 2.10. The van der Waals surface area contributed by atoms with Gasteiger partial charge in [-0.2, -0.15) is 0 Å². The number of hydrogen-bond acceptors (Lipinski definition) is 2. The monoisotopic (exact) mass is 395 g/mol. The summed E-state index contributed by atoms with van der Waals surface area (Å²) in [7, 11) is 0. The standard InChI is InChI=1S/C25H35N3O.H2/c1-16(2)26-23(29)28-15-24(20-12-17(3)4-7-21(20)28)8-10-27(11-9-24)22-14-25-13-18(25)5-6-19(22)25;/h4,7,12,16,18-19,22H,5-6,8-11,13-15H2,1-3H3,(H,26,29);1H. The van der Waals surface area contributed by atoms with Crippen LogP contribution in [0.1, 0.15) is 64.9 Å². The topological polar surface area (TPSA) is 35.6 Å². The Balaban J connectivity index is 0.00000193. The number of anilines is 1. The van der Waals surface area contributed by atoms with Crippen LogP contribution in [0.2, 0.25) is 0 Å². The quantitative estimate of drug-likeness (QED) is 0.788. The van der Waals surface area contributed by atoms with Crippen molar-refractivity contribution < 1.29 is 6.22 Å². The minimum absolute atomic E-state index is 0. The van der Waals surface area contributed by atoms with Crippen LogP contribution in [-0.2, 0) is 5.41 Å². The molecule has 1 aromatic carbocycles. The summed E-state index contributed by atoms with van der Waals surface area (Å²) in [6.45, 7) is 9.51. The average Bonchev–Trinajstić information content (AvgIpc) is 3.24. The first-order valence-corrected chi connectivity index (χ1v) is 11.9. The molecule has 4 nitrogen and oxygen atoms in total. The molecule has 2 amide bonds. The summed E-state index contributed by atoms with van der Waals surface area (Å²) in [4.78, 5) is 17.8. The van der Waals surface area contributed by atoms with Gasteiger partial charge in [-0.05, 0) is 101 Å². The lowest BCUT2D eigenvalue weighted by Crippen LogP contribution is -2.57. The number of nitrogens with one attached hydrogen (secondary N) is 1. The number of piperidine rings is 1. The number of amides is 2.